The highest BCUT2D eigenvalue weighted by molar-refractivity contribution is 5.49. The van der Waals surface area contributed by atoms with E-state index in [1.807, 2.05) is 24.3 Å². The van der Waals surface area contributed by atoms with Crippen LogP contribution in [0.15, 0.2) is 41.5 Å². The molecule has 2 aromatic rings. The van der Waals surface area contributed by atoms with Gasteiger partial charge in [0.15, 0.2) is 0 Å². The van der Waals surface area contributed by atoms with Crippen molar-refractivity contribution >= 4 is 5.69 Å². The quantitative estimate of drug-likeness (QED) is 0.723. The normalized spacial score (nSPS) is 12.3. The Labute approximate surface area is 126 Å². The predicted molar refractivity (Wildman–Crippen MR) is 88.2 cm³/mol. The third-order valence-corrected chi connectivity index (χ3v) is 3.70. The molecule has 1 heterocycles. The lowest BCUT2D eigenvalue weighted by Gasteiger charge is -2.15. The van der Waals surface area contributed by atoms with Crippen molar-refractivity contribution in [2.75, 3.05) is 5.32 Å². The maximum Gasteiger partial charge on any atom is 0.330 e. The van der Waals surface area contributed by atoms with Gasteiger partial charge in [-0.15, -0.1) is 0 Å². The number of hydrogen-bond acceptors (Lipinski definition) is 2. The van der Waals surface area contributed by atoms with E-state index in [2.05, 4.69) is 24.1 Å². The molecule has 0 aliphatic heterocycles. The summed E-state index contributed by atoms with van der Waals surface area (Å²) in [7, 11) is 0. The van der Waals surface area contributed by atoms with Gasteiger partial charge in [-0.25, -0.2) is 4.79 Å². The van der Waals surface area contributed by atoms with Crippen molar-refractivity contribution in [3.05, 3.63) is 47.1 Å². The molecule has 1 atom stereocenters. The van der Waals surface area contributed by atoms with E-state index < -0.39 is 0 Å². The highest BCUT2D eigenvalue weighted by Gasteiger charge is 2.03. The molecule has 2 N–H and O–H groups in total. The summed E-state index contributed by atoms with van der Waals surface area (Å²) < 4.78 is 1.60. The van der Waals surface area contributed by atoms with Gasteiger partial charge < -0.3 is 10.3 Å². The average molecular weight is 287 g/mol. The van der Waals surface area contributed by atoms with Crippen molar-refractivity contribution in [1.29, 1.82) is 0 Å². The molecule has 0 bridgehead atoms. The topological polar surface area (TPSA) is 49.8 Å². The van der Waals surface area contributed by atoms with E-state index in [4.69, 9.17) is 0 Å². The Balaban J connectivity index is 1.88. The van der Waals surface area contributed by atoms with E-state index in [9.17, 15) is 4.79 Å². The summed E-state index contributed by atoms with van der Waals surface area (Å²) in [5, 5.41) is 3.51. The van der Waals surface area contributed by atoms with Crippen molar-refractivity contribution in [3.63, 3.8) is 0 Å². The number of unbranched alkanes of at least 4 members (excludes halogenated alkanes) is 3. The van der Waals surface area contributed by atoms with Crippen LogP contribution in [0.3, 0.4) is 0 Å². The number of rotatable bonds is 8. The van der Waals surface area contributed by atoms with E-state index >= 15 is 0 Å². The van der Waals surface area contributed by atoms with Gasteiger partial charge in [0.2, 0.25) is 0 Å². The third kappa shape index (κ3) is 4.52. The summed E-state index contributed by atoms with van der Waals surface area (Å²) in [5.41, 5.74) is 1.87. The number of aromatic amines is 1. The van der Waals surface area contributed by atoms with Gasteiger partial charge in [-0.1, -0.05) is 32.6 Å². The number of nitrogens with one attached hydrogen (secondary N) is 2. The van der Waals surface area contributed by atoms with E-state index in [1.54, 1.807) is 17.0 Å². The molecule has 0 spiro atoms. The molecule has 1 aromatic carbocycles. The van der Waals surface area contributed by atoms with E-state index in [-0.39, 0.29) is 5.69 Å². The first-order chi connectivity index (χ1) is 10.2. The SMILES string of the molecule is CCCCCCC(C)Nc1ccc(-n2cc[nH]c2=O)cc1. The molecular formula is C17H25N3O. The van der Waals surface area contributed by atoms with Crippen LogP contribution in [0, 0.1) is 0 Å². The second kappa shape index (κ2) is 7.72. The average Bonchev–Trinajstić information content (AvgIpc) is 2.91. The smallest absolute Gasteiger partial charge is 0.330 e. The van der Waals surface area contributed by atoms with Crippen LogP contribution in [0.1, 0.15) is 46.0 Å². The van der Waals surface area contributed by atoms with E-state index in [0.29, 0.717) is 6.04 Å². The fraction of sp³-hybridized carbons (Fsp3) is 0.471. The van der Waals surface area contributed by atoms with Gasteiger partial charge in [0, 0.05) is 24.1 Å². The molecule has 1 unspecified atom stereocenters. The summed E-state index contributed by atoms with van der Waals surface area (Å²) in [5.74, 6) is 0. The van der Waals surface area contributed by atoms with Gasteiger partial charge in [0.1, 0.15) is 0 Å². The highest BCUT2D eigenvalue weighted by Crippen LogP contribution is 2.15. The molecule has 0 fully saturated rings. The van der Waals surface area contributed by atoms with Crippen LogP contribution in [0.2, 0.25) is 0 Å². The number of nitrogens with zero attached hydrogens (tertiary/aromatic N) is 1. The van der Waals surface area contributed by atoms with E-state index in [1.165, 1.54) is 32.1 Å². The fourth-order valence-corrected chi connectivity index (χ4v) is 2.48. The molecule has 114 valence electrons. The second-order valence-electron chi connectivity index (χ2n) is 5.58. The molecule has 0 saturated carbocycles. The minimum atomic E-state index is -0.111. The molecule has 4 nitrogen and oxygen atoms in total. The molecule has 2 rings (SSSR count). The van der Waals surface area contributed by atoms with Crippen molar-refractivity contribution in [3.8, 4) is 5.69 Å². The number of hydrogen-bond donors (Lipinski definition) is 2. The van der Waals surface area contributed by atoms with Crippen molar-refractivity contribution in [2.24, 2.45) is 0 Å². The monoisotopic (exact) mass is 287 g/mol. The zero-order chi connectivity index (χ0) is 15.1. The van der Waals surface area contributed by atoms with Crippen LogP contribution in [0.25, 0.3) is 5.69 Å². The Morgan fingerprint density at radius 2 is 1.95 bits per heavy atom. The third-order valence-electron chi connectivity index (χ3n) is 3.70. The van der Waals surface area contributed by atoms with Crippen LogP contribution in [0.4, 0.5) is 5.69 Å². The summed E-state index contributed by atoms with van der Waals surface area (Å²) in [6.45, 7) is 4.45. The molecule has 0 aliphatic rings. The number of anilines is 1. The number of aromatic nitrogens is 2. The maximum atomic E-state index is 11.5. The lowest BCUT2D eigenvalue weighted by Crippen LogP contribution is -2.16. The Morgan fingerprint density at radius 3 is 2.57 bits per heavy atom. The summed E-state index contributed by atoms with van der Waals surface area (Å²) in [6.07, 6.45) is 9.78. The number of imidazole rings is 1. The van der Waals surface area contributed by atoms with Crippen molar-refractivity contribution < 1.29 is 0 Å². The minimum absolute atomic E-state index is 0.111. The molecule has 0 amide bonds. The lowest BCUT2D eigenvalue weighted by molar-refractivity contribution is 0.594. The lowest BCUT2D eigenvalue weighted by atomic mass is 10.1. The van der Waals surface area contributed by atoms with Crippen LogP contribution in [-0.2, 0) is 0 Å². The van der Waals surface area contributed by atoms with Crippen LogP contribution < -0.4 is 11.0 Å². The van der Waals surface area contributed by atoms with Gasteiger partial charge in [-0.05, 0) is 37.6 Å². The maximum absolute atomic E-state index is 11.5. The summed E-state index contributed by atoms with van der Waals surface area (Å²) in [6, 6.07) is 8.44. The first-order valence-corrected chi connectivity index (χ1v) is 7.83. The minimum Gasteiger partial charge on any atom is -0.383 e. The zero-order valence-corrected chi connectivity index (χ0v) is 12.9. The summed E-state index contributed by atoms with van der Waals surface area (Å²) in [4.78, 5) is 14.2. The Kier molecular flexibility index (Phi) is 5.67. The Bertz CT molecular complexity index is 583. The first kappa shape index (κ1) is 15.4. The second-order valence-corrected chi connectivity index (χ2v) is 5.58. The zero-order valence-electron chi connectivity index (χ0n) is 12.9. The first-order valence-electron chi connectivity index (χ1n) is 7.83. The van der Waals surface area contributed by atoms with Gasteiger partial charge in [0.25, 0.3) is 0 Å². The number of H-pyrrole nitrogens is 1. The number of benzene rings is 1. The molecule has 4 heteroatoms. The van der Waals surface area contributed by atoms with Gasteiger partial charge >= 0.3 is 5.69 Å². The molecule has 0 radical (unpaired) electrons. The van der Waals surface area contributed by atoms with Crippen LogP contribution in [-0.4, -0.2) is 15.6 Å². The summed E-state index contributed by atoms with van der Waals surface area (Å²) >= 11 is 0. The molecule has 0 aliphatic carbocycles. The molecular weight excluding hydrogens is 262 g/mol. The Hall–Kier alpha value is -1.97. The molecule has 21 heavy (non-hydrogen) atoms. The Morgan fingerprint density at radius 1 is 1.19 bits per heavy atom. The highest BCUT2D eigenvalue weighted by atomic mass is 16.1. The van der Waals surface area contributed by atoms with Gasteiger partial charge in [0.05, 0.1) is 5.69 Å². The fourth-order valence-electron chi connectivity index (χ4n) is 2.48. The van der Waals surface area contributed by atoms with Crippen LogP contribution >= 0.6 is 0 Å². The van der Waals surface area contributed by atoms with Gasteiger partial charge in [-0.2, -0.15) is 0 Å². The van der Waals surface area contributed by atoms with Crippen LogP contribution in [0.5, 0.6) is 0 Å². The van der Waals surface area contributed by atoms with Gasteiger partial charge in [-0.3, -0.25) is 4.57 Å². The van der Waals surface area contributed by atoms with Crippen molar-refractivity contribution in [1.82, 2.24) is 9.55 Å². The van der Waals surface area contributed by atoms with Crippen molar-refractivity contribution in [2.45, 2.75) is 52.0 Å². The molecule has 0 saturated heterocycles. The standard InChI is InChI=1S/C17H25N3O/c1-3-4-5-6-7-14(2)19-15-8-10-16(11-9-15)20-13-12-18-17(20)21/h8-14,19H,3-7H2,1-2H3,(H,18,21). The predicted octanol–water partition coefficient (Wildman–Crippen LogP) is 3.94. The van der Waals surface area contributed by atoms with E-state index in [0.717, 1.165) is 11.4 Å². The largest absolute Gasteiger partial charge is 0.383 e. The molecule has 1 aromatic heterocycles.